The van der Waals surface area contributed by atoms with Crippen molar-refractivity contribution in [3.8, 4) is 0 Å². The number of rotatable bonds is 2. The van der Waals surface area contributed by atoms with Crippen LogP contribution in [0, 0.1) is 0 Å². The summed E-state index contributed by atoms with van der Waals surface area (Å²) >= 11 is 1.96. The van der Waals surface area contributed by atoms with Crippen molar-refractivity contribution < 1.29 is 4.79 Å². The lowest BCUT2D eigenvalue weighted by molar-refractivity contribution is 0.0768. The lowest BCUT2D eigenvalue weighted by Crippen LogP contribution is -2.32. The Morgan fingerprint density at radius 3 is 2.71 bits per heavy atom. The van der Waals surface area contributed by atoms with Crippen LogP contribution >= 0.6 is 11.8 Å². The second kappa shape index (κ2) is 6.73. The zero-order chi connectivity index (χ0) is 16.4. The van der Waals surface area contributed by atoms with Gasteiger partial charge >= 0.3 is 0 Å². The molecule has 1 fully saturated rings. The lowest BCUT2D eigenvalue weighted by atomic mass is 10.1. The number of hydrogen-bond acceptors (Lipinski definition) is 2. The van der Waals surface area contributed by atoms with Crippen LogP contribution in [-0.4, -0.2) is 34.6 Å². The van der Waals surface area contributed by atoms with E-state index in [9.17, 15) is 4.79 Å². The minimum atomic E-state index is 0.141. The second-order valence-corrected chi connectivity index (χ2v) is 7.41. The molecule has 24 heavy (non-hydrogen) atoms. The van der Waals surface area contributed by atoms with Crippen molar-refractivity contribution in [1.82, 2.24) is 9.88 Å². The van der Waals surface area contributed by atoms with Crippen LogP contribution in [0.2, 0.25) is 0 Å². The molecular weight excluding hydrogens is 316 g/mol. The number of aromatic amines is 1. The van der Waals surface area contributed by atoms with Gasteiger partial charge in [-0.05, 0) is 18.1 Å². The highest BCUT2D eigenvalue weighted by Gasteiger charge is 2.24. The zero-order valence-corrected chi connectivity index (χ0v) is 14.3. The van der Waals surface area contributed by atoms with Crippen LogP contribution in [0.5, 0.6) is 0 Å². The maximum Gasteiger partial charge on any atom is 0.256 e. The number of fused-ring (bicyclic) bond motifs is 1. The number of H-pyrrole nitrogens is 1. The molecular formula is C20H20N2OS. The van der Waals surface area contributed by atoms with Crippen molar-refractivity contribution in [2.75, 3.05) is 18.8 Å². The molecule has 3 aromatic rings. The van der Waals surface area contributed by atoms with E-state index in [0.29, 0.717) is 5.25 Å². The van der Waals surface area contributed by atoms with Crippen LogP contribution in [0.4, 0.5) is 0 Å². The van der Waals surface area contributed by atoms with Crippen LogP contribution in [0.25, 0.3) is 10.9 Å². The predicted molar refractivity (Wildman–Crippen MR) is 100 cm³/mol. The lowest BCUT2D eigenvalue weighted by Gasteiger charge is -2.20. The molecule has 0 unspecified atom stereocenters. The smallest absolute Gasteiger partial charge is 0.256 e. The first-order valence-electron chi connectivity index (χ1n) is 8.35. The number of nitrogens with zero attached hydrogens (tertiary/aromatic N) is 1. The number of carbonyl (C=O) groups excluding carboxylic acids is 1. The Labute approximate surface area is 146 Å². The number of nitrogens with one attached hydrogen (secondary N) is 1. The Morgan fingerprint density at radius 2 is 1.83 bits per heavy atom. The first-order chi connectivity index (χ1) is 11.8. The van der Waals surface area contributed by atoms with E-state index in [1.54, 1.807) is 0 Å². The summed E-state index contributed by atoms with van der Waals surface area (Å²) in [7, 11) is 0. The minimum Gasteiger partial charge on any atom is -0.360 e. The van der Waals surface area contributed by atoms with Gasteiger partial charge in [0.25, 0.3) is 5.91 Å². The van der Waals surface area contributed by atoms with Crippen LogP contribution in [0.1, 0.15) is 27.6 Å². The Morgan fingerprint density at radius 1 is 1.04 bits per heavy atom. The quantitative estimate of drug-likeness (QED) is 0.748. The number of amides is 1. The number of para-hydroxylation sites is 1. The second-order valence-electron chi connectivity index (χ2n) is 6.10. The summed E-state index contributed by atoms with van der Waals surface area (Å²) in [4.78, 5) is 18.2. The van der Waals surface area contributed by atoms with Crippen molar-refractivity contribution in [2.45, 2.75) is 11.7 Å². The number of carbonyl (C=O) groups is 1. The third-order valence-electron chi connectivity index (χ3n) is 4.62. The molecule has 4 rings (SSSR count). The van der Waals surface area contributed by atoms with Gasteiger partial charge in [0.15, 0.2) is 0 Å². The number of benzene rings is 2. The topological polar surface area (TPSA) is 36.1 Å². The van der Waals surface area contributed by atoms with Crippen LogP contribution < -0.4 is 0 Å². The van der Waals surface area contributed by atoms with E-state index in [-0.39, 0.29) is 5.91 Å². The van der Waals surface area contributed by atoms with Crippen LogP contribution in [-0.2, 0) is 0 Å². The average molecular weight is 336 g/mol. The average Bonchev–Trinajstić information content (AvgIpc) is 2.91. The molecule has 1 atom stereocenters. The van der Waals surface area contributed by atoms with Gasteiger partial charge < -0.3 is 9.88 Å². The molecule has 2 aromatic carbocycles. The fraction of sp³-hybridized carbons (Fsp3) is 0.250. The van der Waals surface area contributed by atoms with Crippen molar-refractivity contribution in [3.63, 3.8) is 0 Å². The molecule has 2 heterocycles. The van der Waals surface area contributed by atoms with Gasteiger partial charge in [-0.15, -0.1) is 0 Å². The molecule has 0 saturated carbocycles. The van der Waals surface area contributed by atoms with Crippen molar-refractivity contribution in [2.24, 2.45) is 0 Å². The fourth-order valence-corrected chi connectivity index (χ4v) is 4.56. The summed E-state index contributed by atoms with van der Waals surface area (Å²) in [5.74, 6) is 1.12. The minimum absolute atomic E-state index is 0.141. The predicted octanol–water partition coefficient (Wildman–Crippen LogP) is 4.49. The van der Waals surface area contributed by atoms with Gasteiger partial charge in [0, 0.05) is 41.2 Å². The third-order valence-corrected chi connectivity index (χ3v) is 5.95. The first-order valence-corrected chi connectivity index (χ1v) is 9.40. The fourth-order valence-electron chi connectivity index (χ4n) is 3.33. The maximum atomic E-state index is 13.0. The zero-order valence-electron chi connectivity index (χ0n) is 13.4. The molecule has 122 valence electrons. The molecule has 1 aliphatic heterocycles. The van der Waals surface area contributed by atoms with Gasteiger partial charge in [-0.25, -0.2) is 0 Å². The molecule has 4 heteroatoms. The maximum absolute atomic E-state index is 13.0. The van der Waals surface area contributed by atoms with Crippen LogP contribution in [0.15, 0.2) is 60.8 Å². The van der Waals surface area contributed by atoms with E-state index in [1.165, 1.54) is 5.56 Å². The molecule has 1 amide bonds. The molecule has 1 aromatic heterocycles. The van der Waals surface area contributed by atoms with Gasteiger partial charge in [-0.1, -0.05) is 48.5 Å². The van der Waals surface area contributed by atoms with Crippen LogP contribution in [0.3, 0.4) is 0 Å². The monoisotopic (exact) mass is 336 g/mol. The number of aromatic nitrogens is 1. The summed E-state index contributed by atoms with van der Waals surface area (Å²) in [6, 6.07) is 18.6. The summed E-state index contributed by atoms with van der Waals surface area (Å²) in [6.07, 6.45) is 2.85. The van der Waals surface area contributed by atoms with Gasteiger partial charge in [0.05, 0.1) is 5.56 Å². The van der Waals surface area contributed by atoms with Gasteiger partial charge in [-0.2, -0.15) is 11.8 Å². The molecule has 1 N–H and O–H groups in total. The molecule has 0 spiro atoms. The summed E-state index contributed by atoms with van der Waals surface area (Å²) < 4.78 is 0. The van der Waals surface area contributed by atoms with Gasteiger partial charge in [-0.3, -0.25) is 4.79 Å². The van der Waals surface area contributed by atoms with E-state index in [4.69, 9.17) is 0 Å². The SMILES string of the molecule is O=C(c1c[nH]c2ccccc12)N1CCS[C@H](c2ccccc2)CC1. The van der Waals surface area contributed by atoms with E-state index >= 15 is 0 Å². The van der Waals surface area contributed by atoms with Crippen molar-refractivity contribution in [3.05, 3.63) is 71.9 Å². The van der Waals surface area contributed by atoms with Gasteiger partial charge in [0.2, 0.25) is 0 Å². The summed E-state index contributed by atoms with van der Waals surface area (Å²) in [6.45, 7) is 1.62. The Hall–Kier alpha value is -2.20. The molecule has 3 nitrogen and oxygen atoms in total. The third kappa shape index (κ3) is 2.94. The highest BCUT2D eigenvalue weighted by molar-refractivity contribution is 7.99. The van der Waals surface area contributed by atoms with Crippen molar-refractivity contribution in [1.29, 1.82) is 0 Å². The summed E-state index contributed by atoms with van der Waals surface area (Å²) in [5, 5.41) is 1.49. The van der Waals surface area contributed by atoms with E-state index in [2.05, 4.69) is 35.3 Å². The van der Waals surface area contributed by atoms with Gasteiger partial charge in [0.1, 0.15) is 0 Å². The normalized spacial score (nSPS) is 18.5. The molecule has 0 radical (unpaired) electrons. The van der Waals surface area contributed by atoms with E-state index < -0.39 is 0 Å². The molecule has 1 saturated heterocycles. The van der Waals surface area contributed by atoms with Crippen molar-refractivity contribution >= 4 is 28.6 Å². The summed E-state index contributed by atoms with van der Waals surface area (Å²) in [5.41, 5.74) is 3.17. The highest BCUT2D eigenvalue weighted by Crippen LogP contribution is 2.34. The molecule has 0 aliphatic carbocycles. The highest BCUT2D eigenvalue weighted by atomic mass is 32.2. The number of hydrogen-bond donors (Lipinski definition) is 1. The van der Waals surface area contributed by atoms with E-state index in [0.717, 1.165) is 41.7 Å². The Balaban J connectivity index is 1.52. The molecule has 1 aliphatic rings. The largest absolute Gasteiger partial charge is 0.360 e. The van der Waals surface area contributed by atoms with E-state index in [1.807, 2.05) is 47.1 Å². The Kier molecular flexibility index (Phi) is 4.30. The Bertz CT molecular complexity index is 843. The number of thioether (sulfide) groups is 1. The molecule has 0 bridgehead atoms. The first kappa shape index (κ1) is 15.3. The standard InChI is InChI=1S/C20H20N2OS/c23-20(17-14-21-18-9-5-4-8-16(17)18)22-11-10-19(24-13-12-22)15-6-2-1-3-7-15/h1-9,14,19,21H,10-13H2/t19-/m0/s1.